The predicted octanol–water partition coefficient (Wildman–Crippen LogP) is 16.0. The normalized spacial score (nSPS) is 23.3. The van der Waals surface area contributed by atoms with Crippen LogP contribution in [0.4, 0.5) is 34.1 Å². The average Bonchev–Trinajstić information content (AvgIpc) is 4.06. The van der Waals surface area contributed by atoms with Crippen molar-refractivity contribution in [1.29, 1.82) is 0 Å². The zero-order chi connectivity index (χ0) is 39.1. The third kappa shape index (κ3) is 6.14. The molecule has 2 heteroatoms. The van der Waals surface area contributed by atoms with Crippen LogP contribution in [-0.4, -0.2) is 0 Å². The molecule has 4 bridgehead atoms. The lowest BCUT2D eigenvalue weighted by Gasteiger charge is -2.34. The van der Waals surface area contributed by atoms with E-state index in [0.29, 0.717) is 11.8 Å². The molecule has 7 aromatic carbocycles. The Hall–Kier alpha value is -5.34. The molecule has 58 heavy (non-hydrogen) atoms. The molecule has 0 aliphatic heterocycles. The van der Waals surface area contributed by atoms with Gasteiger partial charge in [-0.15, -0.1) is 0 Å². The molecule has 0 heterocycles. The van der Waals surface area contributed by atoms with Crippen molar-refractivity contribution in [1.82, 2.24) is 0 Å². The molecule has 6 unspecified atom stereocenters. The molecular weight excluding hydrogens is 701 g/mol. The fourth-order valence-electron chi connectivity index (χ4n) is 12.4. The summed E-state index contributed by atoms with van der Waals surface area (Å²) >= 11 is 0. The van der Waals surface area contributed by atoms with Crippen LogP contribution in [0.5, 0.6) is 0 Å². The van der Waals surface area contributed by atoms with Crippen molar-refractivity contribution in [2.45, 2.75) is 90.9 Å². The molecule has 11 rings (SSSR count). The smallest absolute Gasteiger partial charge is 0.0620 e. The molecule has 290 valence electrons. The molecule has 4 saturated carbocycles. The summed E-state index contributed by atoms with van der Waals surface area (Å²) in [6, 6.07) is 52.0. The summed E-state index contributed by atoms with van der Waals surface area (Å²) in [7, 11) is 0. The summed E-state index contributed by atoms with van der Waals surface area (Å²) in [5.74, 6) is 4.64. The fraction of sp³-hybridized carbons (Fsp3) is 0.321. The van der Waals surface area contributed by atoms with E-state index in [0.717, 1.165) is 23.7 Å². The van der Waals surface area contributed by atoms with Gasteiger partial charge < -0.3 is 9.80 Å². The Morgan fingerprint density at radius 2 is 0.724 bits per heavy atom. The first kappa shape index (κ1) is 35.8. The van der Waals surface area contributed by atoms with Crippen LogP contribution in [0.3, 0.4) is 0 Å². The van der Waals surface area contributed by atoms with Crippen LogP contribution in [0, 0.1) is 51.4 Å². The summed E-state index contributed by atoms with van der Waals surface area (Å²) in [4.78, 5) is 5.19. The maximum Gasteiger partial charge on any atom is 0.0620 e. The lowest BCUT2D eigenvalue weighted by molar-refractivity contribution is 0.420. The van der Waals surface area contributed by atoms with Crippen molar-refractivity contribution in [3.05, 3.63) is 167 Å². The van der Waals surface area contributed by atoms with Crippen LogP contribution in [-0.2, 0) is 0 Å². The van der Waals surface area contributed by atoms with Crippen LogP contribution in [0.2, 0.25) is 0 Å². The first-order chi connectivity index (χ1) is 28.3. The third-order valence-electron chi connectivity index (χ3n) is 14.9. The highest BCUT2D eigenvalue weighted by atomic mass is 15.2. The number of aryl methyl sites for hydroxylation is 4. The van der Waals surface area contributed by atoms with Gasteiger partial charge in [0.25, 0.3) is 0 Å². The van der Waals surface area contributed by atoms with Gasteiger partial charge in [0.2, 0.25) is 0 Å². The van der Waals surface area contributed by atoms with Gasteiger partial charge in [-0.3, -0.25) is 0 Å². The minimum atomic E-state index is 0.631. The van der Waals surface area contributed by atoms with E-state index < -0.39 is 0 Å². The number of benzene rings is 7. The Kier molecular flexibility index (Phi) is 8.76. The molecule has 4 fully saturated rings. The zero-order valence-electron chi connectivity index (χ0n) is 34.7. The van der Waals surface area contributed by atoms with Gasteiger partial charge in [-0.2, -0.15) is 0 Å². The number of nitrogens with zero attached hydrogens (tertiary/aromatic N) is 2. The first-order valence-corrected chi connectivity index (χ1v) is 22.2. The summed E-state index contributed by atoms with van der Waals surface area (Å²) in [6.45, 7) is 8.92. The van der Waals surface area contributed by atoms with Gasteiger partial charge in [0.1, 0.15) is 0 Å². The first-order valence-electron chi connectivity index (χ1n) is 22.2. The molecule has 4 aliphatic carbocycles. The molecule has 4 aliphatic rings. The van der Waals surface area contributed by atoms with Crippen molar-refractivity contribution in [3.63, 3.8) is 0 Å². The fourth-order valence-corrected chi connectivity index (χ4v) is 12.4. The molecule has 0 aromatic heterocycles. The van der Waals surface area contributed by atoms with Gasteiger partial charge >= 0.3 is 0 Å². The molecular formula is C56H56N2. The summed E-state index contributed by atoms with van der Waals surface area (Å²) in [5, 5.41) is 5.30. The molecule has 0 radical (unpaired) electrons. The molecule has 2 nitrogen and oxygen atoms in total. The molecule has 6 atom stereocenters. The van der Waals surface area contributed by atoms with E-state index in [1.165, 1.54) is 140 Å². The number of hydrogen-bond donors (Lipinski definition) is 0. The number of rotatable bonds is 8. The Balaban J connectivity index is 1.28. The maximum absolute atomic E-state index is 2.64. The van der Waals surface area contributed by atoms with E-state index in [1.54, 1.807) is 0 Å². The Labute approximate surface area is 345 Å². The van der Waals surface area contributed by atoms with E-state index >= 15 is 0 Å². The molecule has 0 saturated heterocycles. The van der Waals surface area contributed by atoms with E-state index in [4.69, 9.17) is 0 Å². The van der Waals surface area contributed by atoms with Crippen LogP contribution in [0.15, 0.2) is 133 Å². The summed E-state index contributed by atoms with van der Waals surface area (Å²) in [6.07, 6.45) is 11.0. The van der Waals surface area contributed by atoms with E-state index in [9.17, 15) is 0 Å². The largest absolute Gasteiger partial charge is 0.309 e. The van der Waals surface area contributed by atoms with E-state index in [-0.39, 0.29) is 0 Å². The van der Waals surface area contributed by atoms with Gasteiger partial charge in [-0.05, 0) is 196 Å². The molecule has 0 spiro atoms. The van der Waals surface area contributed by atoms with Crippen molar-refractivity contribution in [2.75, 3.05) is 9.80 Å². The predicted molar refractivity (Wildman–Crippen MR) is 246 cm³/mol. The van der Waals surface area contributed by atoms with Crippen molar-refractivity contribution >= 4 is 55.7 Å². The maximum atomic E-state index is 2.64. The average molecular weight is 757 g/mol. The second-order valence-electron chi connectivity index (χ2n) is 18.9. The Morgan fingerprint density at radius 3 is 1.02 bits per heavy atom. The molecule has 0 N–H and O–H groups in total. The quantitative estimate of drug-likeness (QED) is 0.113. The number of fused-ring (bicyclic) bond motifs is 6. The summed E-state index contributed by atoms with van der Waals surface area (Å²) in [5.41, 5.74) is 15.5. The van der Waals surface area contributed by atoms with E-state index in [2.05, 4.69) is 171 Å². The second-order valence-corrected chi connectivity index (χ2v) is 18.9. The van der Waals surface area contributed by atoms with Crippen LogP contribution >= 0.6 is 0 Å². The highest BCUT2D eigenvalue weighted by Crippen LogP contribution is 2.57. The van der Waals surface area contributed by atoms with Gasteiger partial charge in [-0.25, -0.2) is 0 Å². The lowest BCUT2D eigenvalue weighted by atomic mass is 9.81. The van der Waals surface area contributed by atoms with E-state index in [1.807, 2.05) is 0 Å². The van der Waals surface area contributed by atoms with Crippen molar-refractivity contribution < 1.29 is 0 Å². The van der Waals surface area contributed by atoms with Crippen molar-refractivity contribution in [3.8, 4) is 0 Å². The zero-order valence-corrected chi connectivity index (χ0v) is 34.7. The highest BCUT2D eigenvalue weighted by molar-refractivity contribution is 6.23. The monoisotopic (exact) mass is 756 g/mol. The Morgan fingerprint density at radius 1 is 0.362 bits per heavy atom. The molecule has 0 amide bonds. The minimum Gasteiger partial charge on any atom is -0.309 e. The summed E-state index contributed by atoms with van der Waals surface area (Å²) < 4.78 is 0. The molecule has 7 aromatic rings. The van der Waals surface area contributed by atoms with Crippen LogP contribution in [0.1, 0.15) is 96.6 Å². The number of anilines is 6. The second kappa shape index (κ2) is 14.2. The number of hydrogen-bond acceptors (Lipinski definition) is 2. The van der Waals surface area contributed by atoms with Crippen LogP contribution in [0.25, 0.3) is 21.5 Å². The SMILES string of the molecule is Cc1cccc(N(c2cccc(C)c2)c2c3ccc(C4CC5CCC4C5)cc3c(N(c3cccc(C)c3)c3cccc(C)c3)c3ccc(C4CC5CCC4C5)cc23)c1. The van der Waals surface area contributed by atoms with Gasteiger partial charge in [0, 0.05) is 44.3 Å². The topological polar surface area (TPSA) is 6.48 Å². The highest BCUT2D eigenvalue weighted by Gasteiger charge is 2.42. The Bertz CT molecular complexity index is 2430. The van der Waals surface area contributed by atoms with Gasteiger partial charge in [0.15, 0.2) is 0 Å². The van der Waals surface area contributed by atoms with Gasteiger partial charge in [0.05, 0.1) is 11.4 Å². The van der Waals surface area contributed by atoms with Crippen LogP contribution < -0.4 is 9.80 Å². The minimum absolute atomic E-state index is 0.631. The third-order valence-corrected chi connectivity index (χ3v) is 14.9. The van der Waals surface area contributed by atoms with Crippen molar-refractivity contribution in [2.24, 2.45) is 23.7 Å². The van der Waals surface area contributed by atoms with Gasteiger partial charge in [-0.1, -0.05) is 85.6 Å². The lowest BCUT2D eigenvalue weighted by Crippen LogP contribution is -2.16. The standard InChI is InChI=1S/C56H56N2/c1-35-9-5-13-45(25-35)57(46-14-6-10-36(2)26-46)55-49-23-21-44(52-32-40-18-20-42(52)30-40)34-54(49)56(50-24-22-43(33-53(50)55)51-31-39-17-19-41(51)29-39)58(47-15-7-11-37(3)27-47)48-16-8-12-38(4)28-48/h5-16,21-28,33-34,39-42,51-52H,17-20,29-32H2,1-4H3.